The second-order valence-corrected chi connectivity index (χ2v) is 7.37. The molecular formula is C20H23ClN2O2S. The van der Waals surface area contributed by atoms with Crippen molar-refractivity contribution in [2.75, 3.05) is 14.2 Å². The van der Waals surface area contributed by atoms with Gasteiger partial charge < -0.3 is 15.2 Å². The third-order valence-electron chi connectivity index (χ3n) is 3.89. The van der Waals surface area contributed by atoms with Crippen molar-refractivity contribution in [3.05, 3.63) is 53.5 Å². The Labute approximate surface area is 164 Å². The predicted molar refractivity (Wildman–Crippen MR) is 111 cm³/mol. The number of hydrogen-bond acceptors (Lipinski definition) is 5. The molecule has 1 aromatic heterocycles. The Bertz CT molecular complexity index is 788. The maximum absolute atomic E-state index is 6.29. The summed E-state index contributed by atoms with van der Waals surface area (Å²) < 4.78 is 10.5. The highest BCUT2D eigenvalue weighted by Gasteiger charge is 2.23. The molecule has 0 radical (unpaired) electrons. The van der Waals surface area contributed by atoms with Gasteiger partial charge in [0, 0.05) is 5.56 Å². The predicted octanol–water partition coefficient (Wildman–Crippen LogP) is 5.11. The second kappa shape index (κ2) is 8.08. The molecule has 0 saturated heterocycles. The molecular weight excluding hydrogens is 368 g/mol. The molecule has 3 aromatic rings. The number of aromatic nitrogens is 1. The van der Waals surface area contributed by atoms with Gasteiger partial charge in [-0.25, -0.2) is 4.98 Å². The van der Waals surface area contributed by atoms with E-state index in [9.17, 15) is 0 Å². The molecule has 0 aliphatic heterocycles. The van der Waals surface area contributed by atoms with Crippen LogP contribution < -0.4 is 15.2 Å². The third kappa shape index (κ3) is 4.18. The van der Waals surface area contributed by atoms with E-state index in [0.29, 0.717) is 0 Å². The van der Waals surface area contributed by atoms with Gasteiger partial charge in [0.05, 0.1) is 30.3 Å². The zero-order chi connectivity index (χ0) is 18.0. The van der Waals surface area contributed by atoms with Crippen LogP contribution >= 0.6 is 23.7 Å². The summed E-state index contributed by atoms with van der Waals surface area (Å²) in [5.74, 6) is 1.66. The van der Waals surface area contributed by atoms with Gasteiger partial charge in [-0.2, -0.15) is 0 Å². The van der Waals surface area contributed by atoms with E-state index in [1.165, 1.54) is 0 Å². The van der Waals surface area contributed by atoms with Gasteiger partial charge >= 0.3 is 0 Å². The molecule has 4 nitrogen and oxygen atoms in total. The van der Waals surface area contributed by atoms with E-state index in [-0.39, 0.29) is 12.4 Å². The first-order valence-corrected chi connectivity index (χ1v) is 8.83. The van der Waals surface area contributed by atoms with Gasteiger partial charge in [0.1, 0.15) is 16.5 Å². The van der Waals surface area contributed by atoms with Gasteiger partial charge in [-0.3, -0.25) is 0 Å². The van der Waals surface area contributed by atoms with Crippen molar-refractivity contribution in [1.29, 1.82) is 0 Å². The molecule has 6 heteroatoms. The number of nitrogens with zero attached hydrogens (tertiary/aromatic N) is 1. The Morgan fingerprint density at radius 3 is 1.73 bits per heavy atom. The molecule has 26 heavy (non-hydrogen) atoms. The molecule has 0 bridgehead atoms. The summed E-state index contributed by atoms with van der Waals surface area (Å²) >= 11 is 1.63. The van der Waals surface area contributed by atoms with E-state index in [2.05, 4.69) is 0 Å². The number of methoxy groups -OCH3 is 2. The molecule has 0 unspecified atom stereocenters. The minimum absolute atomic E-state index is 0. The van der Waals surface area contributed by atoms with Crippen molar-refractivity contribution in [2.45, 2.75) is 19.4 Å². The summed E-state index contributed by atoms with van der Waals surface area (Å²) in [6, 6.07) is 15.9. The highest BCUT2D eigenvalue weighted by molar-refractivity contribution is 7.15. The Balaban J connectivity index is 0.00000243. The molecule has 0 amide bonds. The first-order valence-electron chi connectivity index (χ1n) is 8.01. The summed E-state index contributed by atoms with van der Waals surface area (Å²) in [7, 11) is 3.33. The standard InChI is InChI=1S/C20H22N2O2S.ClH/c1-20(2,21)19-22-17(13-5-9-15(23-3)10-6-13)18(25-19)14-7-11-16(24-4)12-8-14;/h5-12H,21H2,1-4H3;1H. The molecule has 138 valence electrons. The zero-order valence-electron chi connectivity index (χ0n) is 15.3. The Hall–Kier alpha value is -2.08. The number of benzene rings is 2. The van der Waals surface area contributed by atoms with Crippen LogP contribution in [0.4, 0.5) is 0 Å². The van der Waals surface area contributed by atoms with E-state index in [0.717, 1.165) is 38.2 Å². The van der Waals surface area contributed by atoms with Crippen LogP contribution in [0.15, 0.2) is 48.5 Å². The van der Waals surface area contributed by atoms with Crippen LogP contribution in [0.25, 0.3) is 21.7 Å². The topological polar surface area (TPSA) is 57.4 Å². The molecule has 2 aromatic carbocycles. The Morgan fingerprint density at radius 2 is 1.31 bits per heavy atom. The van der Waals surface area contributed by atoms with E-state index in [4.69, 9.17) is 20.2 Å². The summed E-state index contributed by atoms with van der Waals surface area (Å²) in [4.78, 5) is 5.95. The van der Waals surface area contributed by atoms with E-state index in [1.54, 1.807) is 25.6 Å². The third-order valence-corrected chi connectivity index (χ3v) is 5.34. The largest absolute Gasteiger partial charge is 0.497 e. The minimum atomic E-state index is -0.489. The van der Waals surface area contributed by atoms with Gasteiger partial charge in [0.25, 0.3) is 0 Å². The lowest BCUT2D eigenvalue weighted by Gasteiger charge is -2.13. The summed E-state index contributed by atoms with van der Waals surface area (Å²) in [6.07, 6.45) is 0. The van der Waals surface area contributed by atoms with E-state index in [1.807, 2.05) is 62.4 Å². The maximum atomic E-state index is 6.29. The fourth-order valence-electron chi connectivity index (χ4n) is 2.48. The van der Waals surface area contributed by atoms with Crippen LogP contribution in [0, 0.1) is 0 Å². The van der Waals surface area contributed by atoms with Crippen LogP contribution in [-0.4, -0.2) is 19.2 Å². The fourth-order valence-corrected chi connectivity index (χ4v) is 3.59. The number of thiazole rings is 1. The average molecular weight is 391 g/mol. The second-order valence-electron chi connectivity index (χ2n) is 6.38. The molecule has 0 aliphatic carbocycles. The van der Waals surface area contributed by atoms with Gasteiger partial charge in [-0.15, -0.1) is 23.7 Å². The number of hydrogen-bond donors (Lipinski definition) is 1. The molecule has 0 fully saturated rings. The monoisotopic (exact) mass is 390 g/mol. The van der Waals surface area contributed by atoms with Crippen LogP contribution in [0.1, 0.15) is 18.9 Å². The lowest BCUT2D eigenvalue weighted by molar-refractivity contribution is 0.414. The summed E-state index contributed by atoms with van der Waals surface area (Å²) in [6.45, 7) is 3.95. The van der Waals surface area contributed by atoms with Gasteiger partial charge in [-0.05, 0) is 67.9 Å². The zero-order valence-corrected chi connectivity index (χ0v) is 16.9. The molecule has 3 rings (SSSR count). The lowest BCUT2D eigenvalue weighted by atomic mass is 10.1. The minimum Gasteiger partial charge on any atom is -0.497 e. The number of halogens is 1. The SMILES string of the molecule is COc1ccc(-c2nc(C(C)(C)N)sc2-c2ccc(OC)cc2)cc1.Cl. The van der Waals surface area contributed by atoms with Gasteiger partial charge in [0.2, 0.25) is 0 Å². The van der Waals surface area contributed by atoms with Crippen molar-refractivity contribution in [3.63, 3.8) is 0 Å². The first-order chi connectivity index (χ1) is 11.9. The Kier molecular flexibility index (Phi) is 6.29. The maximum Gasteiger partial charge on any atom is 0.118 e. The Morgan fingerprint density at radius 1 is 0.846 bits per heavy atom. The van der Waals surface area contributed by atoms with Crippen LogP contribution in [-0.2, 0) is 5.54 Å². The molecule has 0 atom stereocenters. The summed E-state index contributed by atoms with van der Waals surface area (Å²) in [5, 5.41) is 0.907. The summed E-state index contributed by atoms with van der Waals surface area (Å²) in [5.41, 5.74) is 8.88. The quantitative estimate of drug-likeness (QED) is 0.657. The molecule has 0 spiro atoms. The average Bonchev–Trinajstić information content (AvgIpc) is 3.07. The van der Waals surface area contributed by atoms with Crippen molar-refractivity contribution >= 4 is 23.7 Å². The molecule has 2 N–H and O–H groups in total. The highest BCUT2D eigenvalue weighted by atomic mass is 35.5. The lowest BCUT2D eigenvalue weighted by Crippen LogP contribution is -2.28. The number of rotatable bonds is 5. The number of ether oxygens (including phenoxy) is 2. The first kappa shape index (κ1) is 20.2. The normalized spacial score (nSPS) is 11.0. The molecule has 0 aliphatic rings. The van der Waals surface area contributed by atoms with Crippen LogP contribution in [0.2, 0.25) is 0 Å². The number of nitrogens with two attached hydrogens (primary N) is 1. The van der Waals surface area contributed by atoms with Crippen molar-refractivity contribution in [2.24, 2.45) is 5.73 Å². The molecule has 1 heterocycles. The highest BCUT2D eigenvalue weighted by Crippen LogP contribution is 2.40. The van der Waals surface area contributed by atoms with Gasteiger partial charge in [0.15, 0.2) is 0 Å². The fraction of sp³-hybridized carbons (Fsp3) is 0.250. The van der Waals surface area contributed by atoms with Gasteiger partial charge in [-0.1, -0.05) is 0 Å². The van der Waals surface area contributed by atoms with Crippen molar-refractivity contribution in [1.82, 2.24) is 4.98 Å². The smallest absolute Gasteiger partial charge is 0.118 e. The van der Waals surface area contributed by atoms with Crippen molar-refractivity contribution < 1.29 is 9.47 Å². The molecule has 0 saturated carbocycles. The van der Waals surface area contributed by atoms with Crippen LogP contribution in [0.5, 0.6) is 11.5 Å². The van der Waals surface area contributed by atoms with E-state index < -0.39 is 5.54 Å². The van der Waals surface area contributed by atoms with Crippen LogP contribution in [0.3, 0.4) is 0 Å². The van der Waals surface area contributed by atoms with Crippen molar-refractivity contribution in [3.8, 4) is 33.2 Å². The van der Waals surface area contributed by atoms with E-state index >= 15 is 0 Å².